The van der Waals surface area contributed by atoms with Crippen LogP contribution in [-0.2, 0) is 30.8 Å². The van der Waals surface area contributed by atoms with Gasteiger partial charge in [0.05, 0.1) is 6.61 Å². The lowest BCUT2D eigenvalue weighted by atomic mass is 9.99. The summed E-state index contributed by atoms with van der Waals surface area (Å²) in [5.41, 5.74) is 3.99. The molecule has 2 aromatic rings. The normalized spacial score (nSPS) is 22.5. The summed E-state index contributed by atoms with van der Waals surface area (Å²) in [4.78, 5) is 14.0. The molecule has 1 amide bonds. The average molecular weight is 423 g/mol. The van der Waals surface area contributed by atoms with Crippen LogP contribution < -0.4 is 10.1 Å². The van der Waals surface area contributed by atoms with E-state index in [1.807, 2.05) is 6.07 Å². The lowest BCUT2D eigenvalue weighted by Crippen LogP contribution is -2.30. The third-order valence-corrected chi connectivity index (χ3v) is 6.31. The van der Waals surface area contributed by atoms with E-state index in [0.717, 1.165) is 37.4 Å². The first-order valence-electron chi connectivity index (χ1n) is 11.0. The van der Waals surface area contributed by atoms with Gasteiger partial charge in [0.1, 0.15) is 11.4 Å². The smallest absolute Gasteiger partial charge is 0.224 e. The molecule has 2 aromatic carbocycles. The number of ether oxygens (including phenoxy) is 1. The van der Waals surface area contributed by atoms with Crippen LogP contribution >= 0.6 is 0 Å². The Balaban J connectivity index is 1.27. The Morgan fingerprint density at radius 2 is 2.00 bits per heavy atom. The first-order chi connectivity index (χ1) is 14.9. The summed E-state index contributed by atoms with van der Waals surface area (Å²) in [5, 5.41) is 2.89. The van der Waals surface area contributed by atoms with Crippen LogP contribution in [0, 0.1) is 5.92 Å². The van der Waals surface area contributed by atoms with Crippen molar-refractivity contribution in [2.45, 2.75) is 51.5 Å². The summed E-state index contributed by atoms with van der Waals surface area (Å²) in [5.74, 6) is 0.882. The Hall–Kier alpha value is -2.66. The van der Waals surface area contributed by atoms with E-state index in [0.29, 0.717) is 26.0 Å². The second-order valence-corrected chi connectivity index (χ2v) is 8.97. The van der Waals surface area contributed by atoms with Crippen molar-refractivity contribution < 1.29 is 13.9 Å². The molecule has 1 saturated carbocycles. The molecule has 2 atom stereocenters. The maximum Gasteiger partial charge on any atom is 0.224 e. The molecule has 4 rings (SSSR count). The molecule has 0 saturated heterocycles. The third kappa shape index (κ3) is 5.73. The van der Waals surface area contributed by atoms with Crippen LogP contribution in [0.4, 0.5) is 4.39 Å². The van der Waals surface area contributed by atoms with E-state index < -0.39 is 5.67 Å². The van der Waals surface area contributed by atoms with Crippen LogP contribution in [-0.4, -0.2) is 29.6 Å². The summed E-state index contributed by atoms with van der Waals surface area (Å²) >= 11 is 0. The molecule has 164 valence electrons. The second-order valence-electron chi connectivity index (χ2n) is 8.97. The fraction of sp³-hybridized carbons (Fsp3) is 0.423. The van der Waals surface area contributed by atoms with Gasteiger partial charge in [-0.2, -0.15) is 0 Å². The molecule has 5 heteroatoms. The second kappa shape index (κ2) is 9.23. The average Bonchev–Trinajstić information content (AvgIpc) is 3.38. The Morgan fingerprint density at radius 1 is 1.26 bits per heavy atom. The van der Waals surface area contributed by atoms with Gasteiger partial charge in [0.25, 0.3) is 0 Å². The number of rotatable bonds is 9. The maximum atomic E-state index is 13.7. The van der Waals surface area contributed by atoms with E-state index in [1.54, 1.807) is 13.0 Å². The Bertz CT molecular complexity index is 939. The van der Waals surface area contributed by atoms with Gasteiger partial charge in [-0.15, -0.1) is 6.58 Å². The minimum absolute atomic E-state index is 0.00644. The first-order valence-corrected chi connectivity index (χ1v) is 11.0. The molecule has 1 heterocycles. The molecule has 4 nitrogen and oxygen atoms in total. The minimum atomic E-state index is -1.04. The highest BCUT2D eigenvalue weighted by molar-refractivity contribution is 5.77. The number of nitrogens with zero attached hydrogens (tertiary/aromatic N) is 1. The zero-order chi connectivity index (χ0) is 21.8. The van der Waals surface area contributed by atoms with Gasteiger partial charge < -0.3 is 10.1 Å². The number of halogens is 1. The van der Waals surface area contributed by atoms with Gasteiger partial charge in [-0.25, -0.2) is 4.39 Å². The van der Waals surface area contributed by atoms with Crippen molar-refractivity contribution in [3.8, 4) is 5.75 Å². The van der Waals surface area contributed by atoms with Crippen LogP contribution in [0.2, 0.25) is 0 Å². The number of amides is 1. The molecule has 2 aliphatic rings. The zero-order valence-electron chi connectivity index (χ0n) is 18.2. The molecular weight excluding hydrogens is 391 g/mol. The number of nitrogens with one attached hydrogen (secondary N) is 1. The monoisotopic (exact) mass is 422 g/mol. The Kier molecular flexibility index (Phi) is 6.42. The third-order valence-electron chi connectivity index (χ3n) is 6.31. The number of carbonyl (C=O) groups excluding carboxylic acids is 1. The van der Waals surface area contributed by atoms with Gasteiger partial charge in [-0.1, -0.05) is 36.4 Å². The van der Waals surface area contributed by atoms with Gasteiger partial charge in [-0.05, 0) is 54.2 Å². The Labute approximate surface area is 184 Å². The molecule has 31 heavy (non-hydrogen) atoms. The highest BCUT2D eigenvalue weighted by Crippen LogP contribution is 2.46. The summed E-state index contributed by atoms with van der Waals surface area (Å²) in [6, 6.07) is 14.7. The van der Waals surface area contributed by atoms with Crippen molar-refractivity contribution in [3.05, 3.63) is 77.4 Å². The van der Waals surface area contributed by atoms with E-state index in [4.69, 9.17) is 4.74 Å². The predicted molar refractivity (Wildman–Crippen MR) is 120 cm³/mol. The van der Waals surface area contributed by atoms with Crippen LogP contribution in [0.15, 0.2) is 55.1 Å². The summed E-state index contributed by atoms with van der Waals surface area (Å²) in [7, 11) is 0. The molecule has 2 unspecified atom stereocenters. The van der Waals surface area contributed by atoms with Gasteiger partial charge in [0.15, 0.2) is 0 Å². The number of fused-ring (bicyclic) bond motifs is 1. The number of hydrogen-bond acceptors (Lipinski definition) is 3. The van der Waals surface area contributed by atoms with Crippen molar-refractivity contribution in [2.24, 2.45) is 5.92 Å². The summed E-state index contributed by atoms with van der Waals surface area (Å²) in [6.45, 7) is 9.05. The van der Waals surface area contributed by atoms with E-state index >= 15 is 0 Å². The molecule has 1 fully saturated rings. The van der Waals surface area contributed by atoms with Crippen molar-refractivity contribution >= 4 is 5.91 Å². The van der Waals surface area contributed by atoms with Crippen molar-refractivity contribution in [1.82, 2.24) is 10.2 Å². The van der Waals surface area contributed by atoms with Gasteiger partial charge in [0, 0.05) is 38.5 Å². The fourth-order valence-electron chi connectivity index (χ4n) is 4.09. The number of hydrogen-bond donors (Lipinski definition) is 1. The lowest BCUT2D eigenvalue weighted by molar-refractivity contribution is -0.120. The topological polar surface area (TPSA) is 41.6 Å². The first kappa shape index (κ1) is 21.6. The van der Waals surface area contributed by atoms with Crippen LogP contribution in [0.1, 0.15) is 42.0 Å². The quantitative estimate of drug-likeness (QED) is 0.602. The molecule has 0 spiro atoms. The van der Waals surface area contributed by atoms with Crippen LogP contribution in [0.25, 0.3) is 0 Å². The maximum absolute atomic E-state index is 13.7. The Morgan fingerprint density at radius 3 is 2.71 bits per heavy atom. The summed E-state index contributed by atoms with van der Waals surface area (Å²) < 4.78 is 19.5. The van der Waals surface area contributed by atoms with Crippen molar-refractivity contribution in [3.63, 3.8) is 0 Å². The van der Waals surface area contributed by atoms with E-state index in [1.165, 1.54) is 16.7 Å². The number of benzene rings is 2. The van der Waals surface area contributed by atoms with Gasteiger partial charge >= 0.3 is 0 Å². The van der Waals surface area contributed by atoms with Crippen molar-refractivity contribution in [2.75, 3.05) is 13.2 Å². The zero-order valence-corrected chi connectivity index (χ0v) is 18.2. The van der Waals surface area contributed by atoms with E-state index in [-0.39, 0.29) is 11.8 Å². The highest BCUT2D eigenvalue weighted by Gasteiger charge is 2.51. The molecule has 0 bridgehead atoms. The molecular formula is C26H31FN2O2. The number of carbonyl (C=O) groups is 1. The standard InChI is InChI=1S/C26H31FN2O2/c1-3-4-25(30)28-15-19-5-7-20(8-6-19)16-29-12-11-21-13-24(10-9-22(21)17-29)31-18-23-14-26(23,2)27/h3,5-10,13,23H,1,4,11-12,14-18H2,2H3,(H,28,30). The van der Waals surface area contributed by atoms with Gasteiger partial charge in [0.2, 0.25) is 5.91 Å². The van der Waals surface area contributed by atoms with Crippen LogP contribution in [0.3, 0.4) is 0 Å². The van der Waals surface area contributed by atoms with Gasteiger partial charge in [-0.3, -0.25) is 9.69 Å². The molecule has 1 N–H and O–H groups in total. The summed E-state index contributed by atoms with van der Waals surface area (Å²) in [6.07, 6.45) is 3.56. The minimum Gasteiger partial charge on any atom is -0.493 e. The number of alkyl halides is 1. The molecule has 1 aliphatic carbocycles. The predicted octanol–water partition coefficient (Wildman–Crippen LogP) is 4.56. The molecule has 1 aliphatic heterocycles. The van der Waals surface area contributed by atoms with Crippen LogP contribution in [0.5, 0.6) is 5.75 Å². The molecule has 0 aromatic heterocycles. The lowest BCUT2D eigenvalue weighted by Gasteiger charge is -2.29. The van der Waals surface area contributed by atoms with E-state index in [2.05, 4.69) is 53.2 Å². The fourth-order valence-corrected chi connectivity index (χ4v) is 4.09. The SMILES string of the molecule is C=CCC(=O)NCc1ccc(CN2CCc3cc(OCC4CC4(C)F)ccc3C2)cc1. The van der Waals surface area contributed by atoms with E-state index in [9.17, 15) is 9.18 Å². The molecule has 0 radical (unpaired) electrons. The van der Waals surface area contributed by atoms with Crippen molar-refractivity contribution in [1.29, 1.82) is 0 Å². The highest BCUT2D eigenvalue weighted by atomic mass is 19.1. The largest absolute Gasteiger partial charge is 0.493 e.